The minimum Gasteiger partial charge on any atom is -0.339 e. The Morgan fingerprint density at radius 1 is 1.10 bits per heavy atom. The van der Waals surface area contributed by atoms with E-state index in [1.807, 2.05) is 20.8 Å². The average molecular weight is 279 g/mol. The van der Waals surface area contributed by atoms with Crippen LogP contribution in [0.25, 0.3) is 0 Å². The second kappa shape index (κ2) is 5.22. The second-order valence-electron chi connectivity index (χ2n) is 6.06. The minimum absolute atomic E-state index is 0.0463. The van der Waals surface area contributed by atoms with Crippen LogP contribution in [0.4, 0.5) is 0 Å². The smallest absolute Gasteiger partial charge is 0.293 e. The fourth-order valence-electron chi connectivity index (χ4n) is 2.06. The van der Waals surface area contributed by atoms with E-state index in [1.54, 1.807) is 16.7 Å². The Morgan fingerprint density at radius 3 is 2.10 bits per heavy atom. The van der Waals surface area contributed by atoms with Crippen molar-refractivity contribution in [3.05, 3.63) is 11.6 Å². The number of carbonyl (C=O) groups is 2. The Morgan fingerprint density at radius 2 is 1.65 bits per heavy atom. The van der Waals surface area contributed by atoms with Crippen LogP contribution in [0.15, 0.2) is 0 Å². The maximum absolute atomic E-state index is 12.3. The molecule has 1 aliphatic heterocycles. The molecule has 0 spiro atoms. The van der Waals surface area contributed by atoms with Gasteiger partial charge in [0.2, 0.25) is 11.7 Å². The zero-order valence-electron chi connectivity index (χ0n) is 12.4. The maximum Gasteiger partial charge on any atom is 0.293 e. The van der Waals surface area contributed by atoms with E-state index in [9.17, 15) is 9.59 Å². The summed E-state index contributed by atoms with van der Waals surface area (Å²) in [5, 5.41) is 6.82. The van der Waals surface area contributed by atoms with Crippen molar-refractivity contribution in [3.63, 3.8) is 0 Å². The summed E-state index contributed by atoms with van der Waals surface area (Å²) < 4.78 is 0. The SMILES string of the molecule is CC(=O)N1CCN(C(=O)c2n[nH]c(C(C)(C)C)n2)CC1. The molecule has 1 aliphatic rings. The fourth-order valence-corrected chi connectivity index (χ4v) is 2.06. The maximum atomic E-state index is 12.3. The van der Waals surface area contributed by atoms with E-state index in [4.69, 9.17) is 0 Å². The van der Waals surface area contributed by atoms with Crippen molar-refractivity contribution in [2.24, 2.45) is 0 Å². The lowest BCUT2D eigenvalue weighted by molar-refractivity contribution is -0.130. The fraction of sp³-hybridized carbons (Fsp3) is 0.692. The molecule has 0 radical (unpaired) electrons. The molecular weight excluding hydrogens is 258 g/mol. The van der Waals surface area contributed by atoms with E-state index in [-0.39, 0.29) is 23.1 Å². The lowest BCUT2D eigenvalue weighted by Crippen LogP contribution is -2.50. The number of hydrogen-bond donors (Lipinski definition) is 1. The Labute approximate surface area is 118 Å². The summed E-state index contributed by atoms with van der Waals surface area (Å²) in [6.07, 6.45) is 0. The first kappa shape index (κ1) is 14.5. The zero-order valence-corrected chi connectivity index (χ0v) is 12.4. The Bertz CT molecular complexity index is 509. The molecule has 1 aromatic heterocycles. The molecular formula is C13H21N5O2. The van der Waals surface area contributed by atoms with Crippen molar-refractivity contribution in [1.29, 1.82) is 0 Å². The predicted molar refractivity (Wildman–Crippen MR) is 73.2 cm³/mol. The van der Waals surface area contributed by atoms with Crippen LogP contribution in [0.1, 0.15) is 44.1 Å². The van der Waals surface area contributed by atoms with Gasteiger partial charge in [-0.3, -0.25) is 14.7 Å². The molecule has 2 amide bonds. The molecule has 0 unspecified atom stereocenters. The molecule has 1 aromatic rings. The topological polar surface area (TPSA) is 82.2 Å². The van der Waals surface area contributed by atoms with Crippen LogP contribution in [0.5, 0.6) is 0 Å². The van der Waals surface area contributed by atoms with Crippen molar-refractivity contribution in [2.45, 2.75) is 33.1 Å². The molecule has 110 valence electrons. The van der Waals surface area contributed by atoms with Gasteiger partial charge in [0.05, 0.1) is 0 Å². The number of amides is 2. The molecule has 0 atom stereocenters. The second-order valence-corrected chi connectivity index (χ2v) is 6.06. The highest BCUT2D eigenvalue weighted by atomic mass is 16.2. The van der Waals surface area contributed by atoms with Gasteiger partial charge in [0.25, 0.3) is 5.91 Å². The Balaban J connectivity index is 2.02. The molecule has 0 bridgehead atoms. The van der Waals surface area contributed by atoms with Crippen molar-refractivity contribution >= 4 is 11.8 Å². The molecule has 7 heteroatoms. The van der Waals surface area contributed by atoms with Crippen LogP contribution >= 0.6 is 0 Å². The monoisotopic (exact) mass is 279 g/mol. The third-order valence-electron chi connectivity index (χ3n) is 3.40. The van der Waals surface area contributed by atoms with Gasteiger partial charge in [-0.1, -0.05) is 20.8 Å². The number of nitrogens with one attached hydrogen (secondary N) is 1. The summed E-state index contributed by atoms with van der Waals surface area (Å²) >= 11 is 0. The Kier molecular flexibility index (Phi) is 3.78. The molecule has 2 rings (SSSR count). The van der Waals surface area contributed by atoms with E-state index in [0.717, 1.165) is 0 Å². The third-order valence-corrected chi connectivity index (χ3v) is 3.40. The molecule has 2 heterocycles. The van der Waals surface area contributed by atoms with Crippen LogP contribution in [0.2, 0.25) is 0 Å². The van der Waals surface area contributed by atoms with Crippen LogP contribution < -0.4 is 0 Å². The molecule has 0 saturated carbocycles. The van der Waals surface area contributed by atoms with Gasteiger partial charge >= 0.3 is 0 Å². The first-order valence-corrected chi connectivity index (χ1v) is 6.76. The molecule has 1 saturated heterocycles. The number of hydrogen-bond acceptors (Lipinski definition) is 4. The van der Waals surface area contributed by atoms with Gasteiger partial charge in [0.1, 0.15) is 5.82 Å². The van der Waals surface area contributed by atoms with Crippen LogP contribution in [0, 0.1) is 0 Å². The van der Waals surface area contributed by atoms with Gasteiger partial charge in [-0.25, -0.2) is 4.98 Å². The van der Waals surface area contributed by atoms with Crippen LogP contribution in [-0.2, 0) is 10.2 Å². The summed E-state index contributed by atoms with van der Waals surface area (Å²) in [5.74, 6) is 0.763. The van der Waals surface area contributed by atoms with Crippen molar-refractivity contribution in [2.75, 3.05) is 26.2 Å². The van der Waals surface area contributed by atoms with Gasteiger partial charge in [-0.05, 0) is 0 Å². The quantitative estimate of drug-likeness (QED) is 0.807. The van der Waals surface area contributed by atoms with Gasteiger partial charge in [0.15, 0.2) is 0 Å². The molecule has 1 N–H and O–H groups in total. The molecule has 0 aliphatic carbocycles. The average Bonchev–Trinajstić information content (AvgIpc) is 2.87. The van der Waals surface area contributed by atoms with Crippen molar-refractivity contribution in [1.82, 2.24) is 25.0 Å². The standard InChI is InChI=1S/C13H21N5O2/c1-9(19)17-5-7-18(8-6-17)11(20)10-14-12(16-15-10)13(2,3)4/h5-8H2,1-4H3,(H,14,15,16). The highest BCUT2D eigenvalue weighted by molar-refractivity contribution is 5.90. The highest BCUT2D eigenvalue weighted by Gasteiger charge is 2.27. The summed E-state index contributed by atoms with van der Waals surface area (Å²) in [6, 6.07) is 0. The van der Waals surface area contributed by atoms with Gasteiger partial charge in [0, 0.05) is 38.5 Å². The minimum atomic E-state index is -0.181. The largest absolute Gasteiger partial charge is 0.339 e. The number of piperazine rings is 1. The van der Waals surface area contributed by atoms with Crippen molar-refractivity contribution < 1.29 is 9.59 Å². The number of nitrogens with zero attached hydrogens (tertiary/aromatic N) is 4. The lowest BCUT2D eigenvalue weighted by atomic mass is 9.96. The van der Waals surface area contributed by atoms with Gasteiger partial charge < -0.3 is 9.80 Å². The summed E-state index contributed by atoms with van der Waals surface area (Å²) in [6.45, 7) is 9.75. The zero-order chi connectivity index (χ0) is 14.9. The number of H-pyrrole nitrogens is 1. The highest BCUT2D eigenvalue weighted by Crippen LogP contribution is 2.17. The van der Waals surface area contributed by atoms with Gasteiger partial charge in [-0.2, -0.15) is 0 Å². The van der Waals surface area contributed by atoms with Crippen molar-refractivity contribution in [3.8, 4) is 0 Å². The van der Waals surface area contributed by atoms with Gasteiger partial charge in [-0.15, -0.1) is 5.10 Å². The summed E-state index contributed by atoms with van der Waals surface area (Å²) in [7, 11) is 0. The Hall–Kier alpha value is -1.92. The van der Waals surface area contributed by atoms with E-state index in [1.165, 1.54) is 0 Å². The normalized spacial score (nSPS) is 16.4. The first-order chi connectivity index (χ1) is 9.29. The van der Waals surface area contributed by atoms with E-state index >= 15 is 0 Å². The van der Waals surface area contributed by atoms with Crippen LogP contribution in [0.3, 0.4) is 0 Å². The molecule has 20 heavy (non-hydrogen) atoms. The number of aromatic amines is 1. The lowest BCUT2D eigenvalue weighted by Gasteiger charge is -2.33. The molecule has 7 nitrogen and oxygen atoms in total. The van der Waals surface area contributed by atoms with E-state index in [0.29, 0.717) is 32.0 Å². The third kappa shape index (κ3) is 2.97. The van der Waals surface area contributed by atoms with E-state index < -0.39 is 0 Å². The van der Waals surface area contributed by atoms with E-state index in [2.05, 4.69) is 15.2 Å². The number of carbonyl (C=O) groups excluding carboxylic acids is 2. The molecule has 1 fully saturated rings. The summed E-state index contributed by atoms with van der Waals surface area (Å²) in [5.41, 5.74) is -0.168. The predicted octanol–water partition coefficient (Wildman–Crippen LogP) is 0.406. The first-order valence-electron chi connectivity index (χ1n) is 6.76. The molecule has 0 aromatic carbocycles. The summed E-state index contributed by atoms with van der Waals surface area (Å²) in [4.78, 5) is 31.2. The number of aromatic nitrogens is 3. The van der Waals surface area contributed by atoms with Crippen LogP contribution in [-0.4, -0.2) is 63.0 Å². The number of rotatable bonds is 1.